The van der Waals surface area contributed by atoms with Gasteiger partial charge >= 0.3 is 0 Å². The fourth-order valence-corrected chi connectivity index (χ4v) is 6.00. The first-order valence-electron chi connectivity index (χ1n) is 12.2. The van der Waals surface area contributed by atoms with E-state index in [1.165, 1.54) is 50.5 Å². The molecule has 0 atom stereocenters. The molecule has 0 aromatic carbocycles. The number of aromatic nitrogens is 3. The number of rotatable bonds is 7. The Kier molecular flexibility index (Phi) is 6.53. The number of aromatic amines is 1. The summed E-state index contributed by atoms with van der Waals surface area (Å²) in [5.41, 5.74) is 3.73. The van der Waals surface area contributed by atoms with Crippen molar-refractivity contribution in [1.29, 1.82) is 0 Å². The highest BCUT2D eigenvalue weighted by molar-refractivity contribution is 7.98. The molecule has 1 saturated heterocycles. The van der Waals surface area contributed by atoms with Crippen LogP contribution in [0.4, 0.5) is 0 Å². The van der Waals surface area contributed by atoms with Gasteiger partial charge in [0.15, 0.2) is 0 Å². The summed E-state index contributed by atoms with van der Waals surface area (Å²) in [5.74, 6) is 0.433. The minimum Gasteiger partial charge on any atom is -0.348 e. The topological polar surface area (TPSA) is 83.0 Å². The maximum atomic E-state index is 13.4. The maximum Gasteiger partial charge on any atom is 0.254 e. The molecule has 180 valence electrons. The molecule has 0 bridgehead atoms. The van der Waals surface area contributed by atoms with Crippen LogP contribution in [0, 0.1) is 19.8 Å². The zero-order chi connectivity index (χ0) is 23.8. The minimum atomic E-state index is -0.162. The third-order valence-electron chi connectivity index (χ3n) is 7.33. The second-order valence-electron chi connectivity index (χ2n) is 9.67. The number of thioether (sulfide) groups is 1. The number of carbonyl (C=O) groups excluding carboxylic acids is 1. The molecule has 0 unspecified atom stereocenters. The molecule has 1 aliphatic carbocycles. The minimum absolute atomic E-state index is 0.150. The first kappa shape index (κ1) is 23.2. The Morgan fingerprint density at radius 1 is 1.24 bits per heavy atom. The van der Waals surface area contributed by atoms with Crippen molar-refractivity contribution in [1.82, 2.24) is 24.8 Å². The number of nitrogens with zero attached hydrogens (tertiary/aromatic N) is 3. The summed E-state index contributed by atoms with van der Waals surface area (Å²) >= 11 is 1.52. The predicted molar refractivity (Wildman–Crippen MR) is 137 cm³/mol. The van der Waals surface area contributed by atoms with Gasteiger partial charge in [-0.2, -0.15) is 0 Å². The lowest BCUT2D eigenvalue weighted by Crippen LogP contribution is -2.36. The van der Waals surface area contributed by atoms with Crippen molar-refractivity contribution >= 4 is 28.7 Å². The number of hydrogen-bond acceptors (Lipinski definition) is 5. The first-order valence-corrected chi connectivity index (χ1v) is 13.4. The van der Waals surface area contributed by atoms with Gasteiger partial charge in [-0.25, -0.2) is 4.98 Å². The van der Waals surface area contributed by atoms with Gasteiger partial charge in [-0.3, -0.25) is 9.59 Å². The number of aryl methyl sites for hydroxylation is 1. The summed E-state index contributed by atoms with van der Waals surface area (Å²) < 4.78 is 2.23. The van der Waals surface area contributed by atoms with Crippen LogP contribution in [0.15, 0.2) is 34.1 Å². The molecular formula is C26H33N5O2S. The Bertz CT molecular complexity index is 1270. The molecule has 3 aromatic rings. The van der Waals surface area contributed by atoms with E-state index < -0.39 is 0 Å². The van der Waals surface area contributed by atoms with Crippen LogP contribution < -0.4 is 10.9 Å². The number of hydrogen-bond donors (Lipinski definition) is 2. The Balaban J connectivity index is 1.37. The summed E-state index contributed by atoms with van der Waals surface area (Å²) in [6, 6.07) is 6.64. The van der Waals surface area contributed by atoms with E-state index in [0.717, 1.165) is 39.9 Å². The summed E-state index contributed by atoms with van der Waals surface area (Å²) in [7, 11) is 0. The van der Waals surface area contributed by atoms with Crippen LogP contribution in [0.5, 0.6) is 0 Å². The number of likely N-dealkylation sites (tertiary alicyclic amines) is 1. The first-order chi connectivity index (χ1) is 16.5. The van der Waals surface area contributed by atoms with Gasteiger partial charge in [0.1, 0.15) is 5.65 Å². The van der Waals surface area contributed by atoms with Crippen LogP contribution in [0.3, 0.4) is 0 Å². The van der Waals surface area contributed by atoms with Gasteiger partial charge in [0.05, 0.1) is 5.56 Å². The van der Waals surface area contributed by atoms with E-state index in [1.54, 1.807) is 6.20 Å². The molecule has 2 N–H and O–H groups in total. The van der Waals surface area contributed by atoms with E-state index in [0.29, 0.717) is 17.0 Å². The molecule has 7 nitrogen and oxygen atoms in total. The molecule has 2 aliphatic rings. The van der Waals surface area contributed by atoms with Crippen molar-refractivity contribution in [3.63, 3.8) is 0 Å². The summed E-state index contributed by atoms with van der Waals surface area (Å²) in [5, 5.41) is 3.88. The molecule has 8 heteroatoms. The molecule has 2 fully saturated rings. The van der Waals surface area contributed by atoms with Crippen molar-refractivity contribution in [2.45, 2.75) is 63.6 Å². The van der Waals surface area contributed by atoms with Crippen molar-refractivity contribution in [3.8, 4) is 0 Å². The molecule has 34 heavy (non-hydrogen) atoms. The molecule has 5 rings (SSSR count). The Labute approximate surface area is 204 Å². The van der Waals surface area contributed by atoms with Crippen LogP contribution in [0.1, 0.15) is 53.0 Å². The van der Waals surface area contributed by atoms with E-state index in [9.17, 15) is 9.59 Å². The fraction of sp³-hybridized carbons (Fsp3) is 0.500. The summed E-state index contributed by atoms with van der Waals surface area (Å²) in [6.45, 7) is 7.32. The lowest BCUT2D eigenvalue weighted by atomic mass is 9.96. The van der Waals surface area contributed by atoms with Crippen LogP contribution in [0.25, 0.3) is 11.0 Å². The third kappa shape index (κ3) is 4.53. The number of H-pyrrole nitrogens is 1. The molecule has 1 aliphatic heterocycles. The Hall–Kier alpha value is -2.58. The van der Waals surface area contributed by atoms with E-state index in [1.807, 2.05) is 38.3 Å². The number of piperidine rings is 1. The normalized spacial score (nSPS) is 17.4. The number of carbonyl (C=O) groups is 1. The molecule has 0 radical (unpaired) electrons. The number of amides is 1. The van der Waals surface area contributed by atoms with Crippen LogP contribution in [-0.4, -0.2) is 50.7 Å². The van der Waals surface area contributed by atoms with Gasteiger partial charge in [-0.05, 0) is 83.0 Å². The van der Waals surface area contributed by atoms with Gasteiger partial charge in [0.2, 0.25) is 0 Å². The zero-order valence-corrected chi connectivity index (χ0v) is 21.0. The summed E-state index contributed by atoms with van der Waals surface area (Å²) in [6.07, 6.45) is 8.85. The van der Waals surface area contributed by atoms with Crippen molar-refractivity contribution in [2.75, 3.05) is 19.3 Å². The highest BCUT2D eigenvalue weighted by atomic mass is 32.2. The van der Waals surface area contributed by atoms with Gasteiger partial charge in [-0.15, -0.1) is 11.8 Å². The average molecular weight is 480 g/mol. The maximum absolute atomic E-state index is 13.4. The molecule has 4 heterocycles. The Morgan fingerprint density at radius 3 is 2.71 bits per heavy atom. The van der Waals surface area contributed by atoms with Crippen LogP contribution in [0.2, 0.25) is 0 Å². The number of fused-ring (bicyclic) bond motifs is 1. The molecule has 1 amide bonds. The SMILES string of the molecule is CSc1cc(C)[nH]c(=O)c1CNC(=O)c1c(C)n(CC2CCN(C3CC3)CC2)c2ncccc12. The van der Waals surface area contributed by atoms with Gasteiger partial charge in [-0.1, -0.05) is 0 Å². The number of pyridine rings is 2. The standard InChI is InChI=1S/C26H33N5O2S/c1-16-13-22(34-3)21(25(32)29-16)14-28-26(33)23-17(2)31(24-20(23)5-4-10-27-24)15-18-8-11-30(12-9-18)19-6-7-19/h4-5,10,13,18-19H,6-9,11-12,14-15H2,1-3H3,(H,28,33)(H,29,32). The molecular weight excluding hydrogens is 446 g/mol. The van der Waals surface area contributed by atoms with Gasteiger partial charge in [0, 0.05) is 52.6 Å². The molecule has 1 saturated carbocycles. The van der Waals surface area contributed by atoms with E-state index >= 15 is 0 Å². The lowest BCUT2D eigenvalue weighted by Gasteiger charge is -2.32. The molecule has 3 aromatic heterocycles. The van der Waals surface area contributed by atoms with Gasteiger partial charge < -0.3 is 19.8 Å². The second-order valence-corrected chi connectivity index (χ2v) is 10.5. The van der Waals surface area contributed by atoms with Crippen molar-refractivity contribution in [2.24, 2.45) is 5.92 Å². The van der Waals surface area contributed by atoms with E-state index in [2.05, 4.69) is 24.8 Å². The Morgan fingerprint density at radius 2 is 2.00 bits per heavy atom. The largest absolute Gasteiger partial charge is 0.348 e. The highest BCUT2D eigenvalue weighted by Crippen LogP contribution is 2.33. The smallest absolute Gasteiger partial charge is 0.254 e. The zero-order valence-electron chi connectivity index (χ0n) is 20.2. The summed E-state index contributed by atoms with van der Waals surface area (Å²) in [4.78, 5) is 36.9. The van der Waals surface area contributed by atoms with Crippen molar-refractivity contribution in [3.05, 3.63) is 57.3 Å². The van der Waals surface area contributed by atoms with Crippen LogP contribution in [-0.2, 0) is 13.1 Å². The van der Waals surface area contributed by atoms with E-state index in [4.69, 9.17) is 0 Å². The van der Waals surface area contributed by atoms with E-state index in [-0.39, 0.29) is 18.0 Å². The monoisotopic (exact) mass is 479 g/mol. The van der Waals surface area contributed by atoms with Gasteiger partial charge in [0.25, 0.3) is 11.5 Å². The number of nitrogens with one attached hydrogen (secondary N) is 2. The third-order valence-corrected chi connectivity index (χ3v) is 8.14. The van der Waals surface area contributed by atoms with Crippen LogP contribution >= 0.6 is 11.8 Å². The highest BCUT2D eigenvalue weighted by Gasteiger charge is 2.32. The van der Waals surface area contributed by atoms with Crippen molar-refractivity contribution < 1.29 is 4.79 Å². The fourth-order valence-electron chi connectivity index (χ4n) is 5.30. The molecule has 0 spiro atoms. The lowest BCUT2D eigenvalue weighted by molar-refractivity contribution is 0.0951. The quantitative estimate of drug-likeness (QED) is 0.503. The second kappa shape index (κ2) is 9.58. The average Bonchev–Trinajstić information content (AvgIpc) is 3.64. The predicted octanol–water partition coefficient (Wildman–Crippen LogP) is 3.87.